The zero-order chi connectivity index (χ0) is 29.1. The van der Waals surface area contributed by atoms with Crippen LogP contribution in [-0.4, -0.2) is 42.3 Å². The van der Waals surface area contributed by atoms with E-state index >= 15 is 0 Å². The molecule has 2 heterocycles. The van der Waals surface area contributed by atoms with E-state index in [4.69, 9.17) is 0 Å². The molecule has 1 aliphatic carbocycles. The summed E-state index contributed by atoms with van der Waals surface area (Å²) in [7, 11) is 0. The summed E-state index contributed by atoms with van der Waals surface area (Å²) in [6.07, 6.45) is 8.37. The molecule has 2 aliphatic heterocycles. The fourth-order valence-electron chi connectivity index (χ4n) is 7.33. The Morgan fingerprint density at radius 2 is 1.86 bits per heavy atom. The number of para-hydroxylation sites is 1. The van der Waals surface area contributed by atoms with Crippen LogP contribution in [0.5, 0.6) is 0 Å². The number of hydrogen-bond acceptors (Lipinski definition) is 5. The first-order valence-electron chi connectivity index (χ1n) is 15.9. The summed E-state index contributed by atoms with van der Waals surface area (Å²) < 4.78 is 0. The number of aryl methyl sites for hydroxylation is 2. The van der Waals surface area contributed by atoms with Gasteiger partial charge in [-0.25, -0.2) is 0 Å². The lowest BCUT2D eigenvalue weighted by molar-refractivity contribution is -0.121. The average Bonchev–Trinajstić information content (AvgIpc) is 3.41. The third-order valence-corrected chi connectivity index (χ3v) is 9.73. The van der Waals surface area contributed by atoms with Crippen LogP contribution in [0.25, 0.3) is 0 Å². The highest BCUT2D eigenvalue weighted by atomic mass is 16.3. The van der Waals surface area contributed by atoms with Crippen molar-refractivity contribution in [1.29, 1.82) is 0 Å². The van der Waals surface area contributed by atoms with Crippen LogP contribution in [0.4, 0.5) is 11.4 Å². The van der Waals surface area contributed by atoms with Crippen LogP contribution in [0.15, 0.2) is 66.7 Å². The van der Waals surface area contributed by atoms with Crippen molar-refractivity contribution < 1.29 is 9.90 Å². The van der Waals surface area contributed by atoms with Gasteiger partial charge in [0, 0.05) is 36.0 Å². The molecule has 0 saturated heterocycles. The monoisotopic (exact) mass is 566 g/mol. The molecule has 1 fully saturated rings. The molecule has 1 spiro atoms. The molecule has 3 aliphatic rings. The number of carbonyl (C=O) groups excluding carboxylic acids is 1. The van der Waals surface area contributed by atoms with Crippen molar-refractivity contribution in [3.8, 4) is 0 Å². The summed E-state index contributed by atoms with van der Waals surface area (Å²) in [6, 6.07) is 22.9. The summed E-state index contributed by atoms with van der Waals surface area (Å²) in [5.74, 6) is -0.0720. The lowest BCUT2D eigenvalue weighted by Gasteiger charge is -2.46. The maximum atomic E-state index is 13.4. The maximum Gasteiger partial charge on any atom is 0.240 e. The highest BCUT2D eigenvalue weighted by molar-refractivity contribution is 5.82. The molecule has 6 nitrogen and oxygen atoms in total. The number of fused-ring (bicyclic) bond motifs is 2. The van der Waals surface area contributed by atoms with Crippen LogP contribution in [0.2, 0.25) is 0 Å². The molecule has 0 unspecified atom stereocenters. The summed E-state index contributed by atoms with van der Waals surface area (Å²) in [5.41, 5.74) is 8.45. The molecule has 1 saturated carbocycles. The number of aliphatic hydroxyl groups is 1. The van der Waals surface area contributed by atoms with Crippen LogP contribution in [0.3, 0.4) is 0 Å². The number of rotatable bonds is 9. The van der Waals surface area contributed by atoms with E-state index in [9.17, 15) is 9.90 Å². The van der Waals surface area contributed by atoms with E-state index in [0.717, 1.165) is 42.6 Å². The van der Waals surface area contributed by atoms with Crippen LogP contribution in [0.1, 0.15) is 85.3 Å². The Bertz CT molecular complexity index is 1380. The van der Waals surface area contributed by atoms with Crippen molar-refractivity contribution in [2.75, 3.05) is 29.9 Å². The lowest BCUT2D eigenvalue weighted by atomic mass is 9.73. The normalized spacial score (nSPS) is 20.4. The number of carbonyl (C=O) groups is 1. The van der Waals surface area contributed by atoms with E-state index in [1.165, 1.54) is 54.5 Å². The van der Waals surface area contributed by atoms with E-state index in [1.807, 2.05) is 30.3 Å². The first-order chi connectivity index (χ1) is 20.4. The van der Waals surface area contributed by atoms with Crippen molar-refractivity contribution in [1.82, 2.24) is 10.6 Å². The van der Waals surface area contributed by atoms with E-state index in [-0.39, 0.29) is 24.0 Å². The zero-order valence-corrected chi connectivity index (χ0v) is 25.2. The fraction of sp³-hybridized carbons (Fsp3) is 0.472. The fourth-order valence-corrected chi connectivity index (χ4v) is 7.33. The standard InChI is InChI=1S/C36H46N4O2/c1-3-26-13-16-30-29(21-26)31(22-36(39-30)18-7-4-8-19-36)37-23-33(41)35(28-14-11-25(2)12-15-28)38-34(42)24-40-20-17-27-9-5-6-10-32(27)40/h5-6,9-16,21,31,33,35,37,39,41H,3-4,7-8,17-20,22-24H2,1-2H3,(H,38,42)/t31-,33+,35-/m0/s1. The van der Waals surface area contributed by atoms with Gasteiger partial charge >= 0.3 is 0 Å². The minimum atomic E-state index is -0.780. The summed E-state index contributed by atoms with van der Waals surface area (Å²) >= 11 is 0. The first-order valence-corrected chi connectivity index (χ1v) is 15.9. The summed E-state index contributed by atoms with van der Waals surface area (Å²) in [6.45, 7) is 5.76. The molecule has 3 aromatic carbocycles. The summed E-state index contributed by atoms with van der Waals surface area (Å²) in [4.78, 5) is 15.6. The predicted molar refractivity (Wildman–Crippen MR) is 171 cm³/mol. The van der Waals surface area contributed by atoms with Crippen LogP contribution in [-0.2, 0) is 17.6 Å². The quantitative estimate of drug-likeness (QED) is 0.256. The van der Waals surface area contributed by atoms with E-state index in [0.29, 0.717) is 6.54 Å². The molecule has 6 rings (SSSR count). The summed E-state index contributed by atoms with van der Waals surface area (Å²) in [5, 5.41) is 22.6. The molecule has 4 N–H and O–H groups in total. The molecule has 222 valence electrons. The second kappa shape index (κ2) is 12.5. The third kappa shape index (κ3) is 6.20. The second-order valence-corrected chi connectivity index (χ2v) is 12.7. The third-order valence-electron chi connectivity index (χ3n) is 9.73. The van der Waals surface area contributed by atoms with E-state index < -0.39 is 12.1 Å². The predicted octanol–water partition coefficient (Wildman–Crippen LogP) is 5.99. The number of nitrogens with one attached hydrogen (secondary N) is 3. The zero-order valence-electron chi connectivity index (χ0n) is 25.2. The molecular formula is C36H46N4O2. The molecule has 0 radical (unpaired) electrons. The Morgan fingerprint density at radius 1 is 1.07 bits per heavy atom. The Morgan fingerprint density at radius 3 is 2.64 bits per heavy atom. The highest BCUT2D eigenvalue weighted by Gasteiger charge is 2.40. The maximum absolute atomic E-state index is 13.4. The molecule has 1 amide bonds. The number of hydrogen-bond donors (Lipinski definition) is 4. The lowest BCUT2D eigenvalue weighted by Crippen LogP contribution is -2.49. The number of nitrogens with zero attached hydrogens (tertiary/aromatic N) is 1. The minimum Gasteiger partial charge on any atom is -0.389 e. The molecule has 42 heavy (non-hydrogen) atoms. The number of benzene rings is 3. The van der Waals surface area contributed by atoms with Gasteiger partial charge in [0.15, 0.2) is 0 Å². The minimum absolute atomic E-state index is 0.0720. The Labute approximate surface area is 250 Å². The van der Waals surface area contributed by atoms with Gasteiger partial charge in [0.2, 0.25) is 5.91 Å². The SMILES string of the molecule is CCc1ccc2c(c1)[C@@H](NC[C@@H](O)[C@@H](NC(=O)CN1CCc3ccccc31)c1ccc(C)cc1)CC1(CCCCC1)N2. The molecule has 0 bridgehead atoms. The van der Waals surface area contributed by atoms with Gasteiger partial charge in [-0.15, -0.1) is 0 Å². The Balaban J connectivity index is 1.19. The molecule has 3 aromatic rings. The molecule has 6 heteroatoms. The van der Waals surface area contributed by atoms with Gasteiger partial charge in [-0.1, -0.05) is 86.3 Å². The van der Waals surface area contributed by atoms with Gasteiger partial charge in [0.05, 0.1) is 18.7 Å². The highest BCUT2D eigenvalue weighted by Crippen LogP contribution is 2.45. The average molecular weight is 567 g/mol. The molecule has 3 atom stereocenters. The van der Waals surface area contributed by atoms with Crippen LogP contribution in [0, 0.1) is 6.92 Å². The number of anilines is 2. The van der Waals surface area contributed by atoms with Crippen molar-refractivity contribution in [3.05, 3.63) is 94.5 Å². The molecule has 0 aromatic heterocycles. The van der Waals surface area contributed by atoms with Crippen LogP contribution < -0.4 is 20.9 Å². The van der Waals surface area contributed by atoms with Gasteiger partial charge in [-0.05, 0) is 73.4 Å². The number of aliphatic hydroxyl groups excluding tert-OH is 1. The topological polar surface area (TPSA) is 76.6 Å². The van der Waals surface area contributed by atoms with Crippen molar-refractivity contribution in [2.45, 2.75) is 88.9 Å². The molecular weight excluding hydrogens is 520 g/mol. The van der Waals surface area contributed by atoms with Gasteiger partial charge < -0.3 is 26.0 Å². The van der Waals surface area contributed by atoms with Gasteiger partial charge in [0.1, 0.15) is 0 Å². The van der Waals surface area contributed by atoms with Gasteiger partial charge in [0.25, 0.3) is 0 Å². The van der Waals surface area contributed by atoms with Crippen molar-refractivity contribution in [2.24, 2.45) is 0 Å². The van der Waals surface area contributed by atoms with E-state index in [2.05, 4.69) is 71.1 Å². The Kier molecular flexibility index (Phi) is 8.55. The van der Waals surface area contributed by atoms with E-state index in [1.54, 1.807) is 0 Å². The Hall–Kier alpha value is -3.35. The van der Waals surface area contributed by atoms with Crippen LogP contribution >= 0.6 is 0 Å². The smallest absolute Gasteiger partial charge is 0.240 e. The number of amides is 1. The second-order valence-electron chi connectivity index (χ2n) is 12.7. The van der Waals surface area contributed by atoms with Gasteiger partial charge in [-0.3, -0.25) is 4.79 Å². The van der Waals surface area contributed by atoms with Gasteiger partial charge in [-0.2, -0.15) is 0 Å². The largest absolute Gasteiger partial charge is 0.389 e. The van der Waals surface area contributed by atoms with Crippen molar-refractivity contribution in [3.63, 3.8) is 0 Å². The first kappa shape index (κ1) is 28.8. The van der Waals surface area contributed by atoms with Crippen molar-refractivity contribution >= 4 is 17.3 Å².